The molecule has 1 N–H and O–H groups in total. The first-order valence-corrected chi connectivity index (χ1v) is 7.69. The van der Waals surface area contributed by atoms with E-state index >= 15 is 0 Å². The first kappa shape index (κ1) is 14.1. The van der Waals surface area contributed by atoms with Crippen LogP contribution in [0.2, 0.25) is 0 Å². The molecule has 1 aliphatic heterocycles. The number of rotatable bonds is 6. The molecular formula is C17H23N3O. The molecule has 1 fully saturated rings. The fourth-order valence-corrected chi connectivity index (χ4v) is 3.21. The first-order valence-electron chi connectivity index (χ1n) is 7.69. The third kappa shape index (κ3) is 3.45. The van der Waals surface area contributed by atoms with Crippen molar-refractivity contribution in [1.82, 2.24) is 15.1 Å². The molecule has 21 heavy (non-hydrogen) atoms. The molecule has 1 atom stereocenters. The summed E-state index contributed by atoms with van der Waals surface area (Å²) in [6.45, 7) is 3.50. The number of aromatic nitrogens is 2. The Hall–Kier alpha value is -1.81. The lowest BCUT2D eigenvalue weighted by molar-refractivity contribution is 0.328. The van der Waals surface area contributed by atoms with Crippen LogP contribution in [0.1, 0.15) is 29.9 Å². The molecule has 1 unspecified atom stereocenters. The van der Waals surface area contributed by atoms with Crippen LogP contribution in [0.15, 0.2) is 36.7 Å². The monoisotopic (exact) mass is 285 g/mol. The van der Waals surface area contributed by atoms with Crippen LogP contribution in [0.4, 0.5) is 0 Å². The molecule has 4 heteroatoms. The average Bonchev–Trinajstić information content (AvgIpc) is 3.19. The van der Waals surface area contributed by atoms with E-state index in [9.17, 15) is 0 Å². The maximum atomic E-state index is 5.49. The van der Waals surface area contributed by atoms with Crippen LogP contribution >= 0.6 is 0 Å². The summed E-state index contributed by atoms with van der Waals surface area (Å²) in [6.07, 6.45) is 7.43. The molecule has 0 radical (unpaired) electrons. The first-order chi connectivity index (χ1) is 10.4. The number of para-hydroxylation sites is 1. The highest BCUT2D eigenvalue weighted by Gasteiger charge is 2.25. The van der Waals surface area contributed by atoms with Gasteiger partial charge in [-0.3, -0.25) is 5.10 Å². The Morgan fingerprint density at radius 1 is 1.38 bits per heavy atom. The zero-order valence-corrected chi connectivity index (χ0v) is 12.6. The van der Waals surface area contributed by atoms with Crippen molar-refractivity contribution in [3.63, 3.8) is 0 Å². The van der Waals surface area contributed by atoms with Crippen LogP contribution in [0.5, 0.6) is 5.75 Å². The Bertz CT molecular complexity index is 553. The van der Waals surface area contributed by atoms with Crippen molar-refractivity contribution in [1.29, 1.82) is 0 Å². The van der Waals surface area contributed by atoms with Crippen molar-refractivity contribution in [3.8, 4) is 5.75 Å². The SMILES string of the molecule is COc1ccccc1C1CCN(CCCc2cn[nH]c2)C1. The van der Waals surface area contributed by atoms with Crippen LogP contribution in [0, 0.1) is 0 Å². The average molecular weight is 285 g/mol. The molecule has 1 saturated heterocycles. The smallest absolute Gasteiger partial charge is 0.122 e. The van der Waals surface area contributed by atoms with E-state index in [0.29, 0.717) is 5.92 Å². The van der Waals surface area contributed by atoms with Gasteiger partial charge >= 0.3 is 0 Å². The third-order valence-corrected chi connectivity index (χ3v) is 4.35. The minimum absolute atomic E-state index is 0.607. The van der Waals surface area contributed by atoms with E-state index in [0.717, 1.165) is 25.3 Å². The number of H-pyrrole nitrogens is 1. The fraction of sp³-hybridized carbons (Fsp3) is 0.471. The zero-order valence-electron chi connectivity index (χ0n) is 12.6. The molecule has 2 heterocycles. The van der Waals surface area contributed by atoms with E-state index in [2.05, 4.69) is 33.3 Å². The van der Waals surface area contributed by atoms with Gasteiger partial charge in [-0.2, -0.15) is 5.10 Å². The van der Waals surface area contributed by atoms with Crippen molar-refractivity contribution in [2.75, 3.05) is 26.7 Å². The van der Waals surface area contributed by atoms with Crippen LogP contribution in [-0.2, 0) is 6.42 Å². The maximum Gasteiger partial charge on any atom is 0.122 e. The van der Waals surface area contributed by atoms with Crippen molar-refractivity contribution in [2.45, 2.75) is 25.2 Å². The molecule has 2 aromatic rings. The van der Waals surface area contributed by atoms with Gasteiger partial charge in [0.15, 0.2) is 0 Å². The topological polar surface area (TPSA) is 41.1 Å². The minimum atomic E-state index is 0.607. The van der Waals surface area contributed by atoms with Crippen molar-refractivity contribution >= 4 is 0 Å². The molecule has 1 aromatic carbocycles. The van der Waals surface area contributed by atoms with E-state index in [1.165, 1.54) is 30.5 Å². The van der Waals surface area contributed by atoms with Gasteiger partial charge in [-0.1, -0.05) is 18.2 Å². The van der Waals surface area contributed by atoms with E-state index in [1.807, 2.05) is 18.5 Å². The highest BCUT2D eigenvalue weighted by Crippen LogP contribution is 2.33. The van der Waals surface area contributed by atoms with Crippen LogP contribution in [0.25, 0.3) is 0 Å². The quantitative estimate of drug-likeness (QED) is 0.887. The number of likely N-dealkylation sites (tertiary alicyclic amines) is 1. The number of aryl methyl sites for hydroxylation is 1. The van der Waals surface area contributed by atoms with Gasteiger partial charge < -0.3 is 9.64 Å². The molecule has 0 amide bonds. The van der Waals surface area contributed by atoms with E-state index in [4.69, 9.17) is 4.74 Å². The second kappa shape index (κ2) is 6.76. The van der Waals surface area contributed by atoms with Gasteiger partial charge in [-0.15, -0.1) is 0 Å². The van der Waals surface area contributed by atoms with Crippen LogP contribution < -0.4 is 4.74 Å². The van der Waals surface area contributed by atoms with Crippen molar-refractivity contribution in [3.05, 3.63) is 47.8 Å². The molecule has 1 aliphatic rings. The highest BCUT2D eigenvalue weighted by molar-refractivity contribution is 5.37. The summed E-state index contributed by atoms with van der Waals surface area (Å²) in [5.74, 6) is 1.64. The molecule has 0 saturated carbocycles. The number of hydrogen-bond donors (Lipinski definition) is 1. The van der Waals surface area contributed by atoms with Gasteiger partial charge in [-0.05, 0) is 49.5 Å². The van der Waals surface area contributed by atoms with Crippen molar-refractivity contribution < 1.29 is 4.74 Å². The summed E-state index contributed by atoms with van der Waals surface area (Å²) in [7, 11) is 1.76. The van der Waals surface area contributed by atoms with Crippen LogP contribution in [-0.4, -0.2) is 41.8 Å². The number of aromatic amines is 1. The molecule has 0 bridgehead atoms. The minimum Gasteiger partial charge on any atom is -0.496 e. The summed E-state index contributed by atoms with van der Waals surface area (Å²) < 4.78 is 5.49. The van der Waals surface area contributed by atoms with E-state index < -0.39 is 0 Å². The molecule has 1 aromatic heterocycles. The summed E-state index contributed by atoms with van der Waals surface area (Å²) in [5.41, 5.74) is 2.66. The lowest BCUT2D eigenvalue weighted by Gasteiger charge is -2.17. The fourth-order valence-electron chi connectivity index (χ4n) is 3.21. The molecule has 4 nitrogen and oxygen atoms in total. The lowest BCUT2D eigenvalue weighted by atomic mass is 9.97. The summed E-state index contributed by atoms with van der Waals surface area (Å²) >= 11 is 0. The second-order valence-electron chi connectivity index (χ2n) is 5.74. The van der Waals surface area contributed by atoms with Crippen molar-refractivity contribution in [2.24, 2.45) is 0 Å². The van der Waals surface area contributed by atoms with E-state index in [-0.39, 0.29) is 0 Å². The highest BCUT2D eigenvalue weighted by atomic mass is 16.5. The summed E-state index contributed by atoms with van der Waals surface area (Å²) in [6, 6.07) is 8.43. The van der Waals surface area contributed by atoms with Gasteiger partial charge in [0.25, 0.3) is 0 Å². The van der Waals surface area contributed by atoms with E-state index in [1.54, 1.807) is 7.11 Å². The Morgan fingerprint density at radius 2 is 2.29 bits per heavy atom. The van der Waals surface area contributed by atoms with Gasteiger partial charge in [-0.25, -0.2) is 0 Å². The molecule has 0 aliphatic carbocycles. The van der Waals surface area contributed by atoms with Gasteiger partial charge in [0.1, 0.15) is 5.75 Å². The maximum absolute atomic E-state index is 5.49. The molecular weight excluding hydrogens is 262 g/mol. The lowest BCUT2D eigenvalue weighted by Crippen LogP contribution is -2.22. The van der Waals surface area contributed by atoms with Gasteiger partial charge in [0.05, 0.1) is 13.3 Å². The standard InChI is InChI=1S/C17H23N3O/c1-21-17-7-3-2-6-16(17)15-8-10-20(13-15)9-4-5-14-11-18-19-12-14/h2-3,6-7,11-12,15H,4-5,8-10,13H2,1H3,(H,18,19). The van der Waals surface area contributed by atoms with Gasteiger partial charge in [0.2, 0.25) is 0 Å². The normalized spacial score (nSPS) is 19.0. The number of nitrogens with one attached hydrogen (secondary N) is 1. The van der Waals surface area contributed by atoms with Gasteiger partial charge in [0, 0.05) is 18.7 Å². The largest absolute Gasteiger partial charge is 0.496 e. The Balaban J connectivity index is 1.51. The molecule has 112 valence electrons. The third-order valence-electron chi connectivity index (χ3n) is 4.35. The number of hydrogen-bond acceptors (Lipinski definition) is 3. The van der Waals surface area contributed by atoms with Crippen LogP contribution in [0.3, 0.4) is 0 Å². The Morgan fingerprint density at radius 3 is 3.10 bits per heavy atom. The number of benzene rings is 1. The zero-order chi connectivity index (χ0) is 14.5. The Labute approximate surface area is 126 Å². The predicted octanol–water partition coefficient (Wildman–Crippen LogP) is 2.84. The molecule has 0 spiro atoms. The number of nitrogens with zero attached hydrogens (tertiary/aromatic N) is 2. The molecule has 3 rings (SSSR count). The predicted molar refractivity (Wildman–Crippen MR) is 83.7 cm³/mol. The summed E-state index contributed by atoms with van der Waals surface area (Å²) in [4.78, 5) is 2.57. The summed E-state index contributed by atoms with van der Waals surface area (Å²) in [5, 5.41) is 6.86. The second-order valence-corrected chi connectivity index (χ2v) is 5.74. The Kier molecular flexibility index (Phi) is 4.55. The number of methoxy groups -OCH3 is 1. The number of ether oxygens (including phenoxy) is 1.